The molecule has 1 unspecified atom stereocenters. The van der Waals surface area contributed by atoms with Crippen molar-refractivity contribution in [2.24, 2.45) is 0 Å². The summed E-state index contributed by atoms with van der Waals surface area (Å²) in [5.74, 6) is -0.166. The van der Waals surface area contributed by atoms with Crippen molar-refractivity contribution in [3.8, 4) is 0 Å². The van der Waals surface area contributed by atoms with Crippen LogP contribution in [-0.2, 0) is 9.53 Å². The topological polar surface area (TPSA) is 34.5 Å². The van der Waals surface area contributed by atoms with Gasteiger partial charge in [0.05, 0.1) is 25.7 Å². The van der Waals surface area contributed by atoms with E-state index >= 15 is 0 Å². The first-order valence-corrected chi connectivity index (χ1v) is 7.47. The minimum Gasteiger partial charge on any atom is -0.378 e. The van der Waals surface area contributed by atoms with Crippen LogP contribution in [0.4, 0.5) is 4.39 Å². The maximum atomic E-state index is 13.2. The number of morpholine rings is 1. The Kier molecular flexibility index (Phi) is 4.53. The maximum absolute atomic E-state index is 13.2. The Labute approximate surface area is 129 Å². The van der Waals surface area contributed by atoms with Crippen LogP contribution < -0.4 is 0 Å². The van der Waals surface area contributed by atoms with Crippen LogP contribution in [0.2, 0.25) is 0 Å². The molecule has 2 heterocycles. The van der Waals surface area contributed by atoms with Gasteiger partial charge in [0.15, 0.2) is 0 Å². The molecule has 116 valence electrons. The predicted molar refractivity (Wildman–Crippen MR) is 81.0 cm³/mol. The van der Waals surface area contributed by atoms with Crippen LogP contribution in [0.15, 0.2) is 48.8 Å². The fourth-order valence-corrected chi connectivity index (χ4v) is 2.74. The lowest BCUT2D eigenvalue weighted by Crippen LogP contribution is -2.41. The Balaban J connectivity index is 1.79. The first-order valence-electron chi connectivity index (χ1n) is 7.47. The quantitative estimate of drug-likeness (QED) is 0.869. The van der Waals surface area contributed by atoms with Gasteiger partial charge in [0.2, 0.25) is 5.91 Å². The van der Waals surface area contributed by atoms with E-state index in [2.05, 4.69) is 0 Å². The summed E-state index contributed by atoms with van der Waals surface area (Å²) < 4.78 is 20.4. The van der Waals surface area contributed by atoms with Gasteiger partial charge in [0.25, 0.3) is 0 Å². The van der Waals surface area contributed by atoms with Gasteiger partial charge in [0, 0.05) is 25.5 Å². The zero-order valence-electron chi connectivity index (χ0n) is 12.3. The summed E-state index contributed by atoms with van der Waals surface area (Å²) in [5, 5.41) is 0. The number of carbonyl (C=O) groups is 1. The molecule has 1 amide bonds. The number of amides is 1. The summed E-state index contributed by atoms with van der Waals surface area (Å²) in [6, 6.07) is 10.1. The molecular formula is C17H19FN2O2. The highest BCUT2D eigenvalue weighted by Gasteiger charge is 2.23. The second-order valence-corrected chi connectivity index (χ2v) is 5.39. The Morgan fingerprint density at radius 2 is 1.77 bits per heavy atom. The maximum Gasteiger partial charge on any atom is 0.225 e. The third-order valence-corrected chi connectivity index (χ3v) is 3.97. The fraction of sp³-hybridized carbons (Fsp3) is 0.353. The summed E-state index contributed by atoms with van der Waals surface area (Å²) in [6.45, 7) is 2.47. The molecule has 22 heavy (non-hydrogen) atoms. The minimum absolute atomic E-state index is 0.103. The van der Waals surface area contributed by atoms with Gasteiger partial charge in [-0.05, 0) is 29.8 Å². The Morgan fingerprint density at radius 1 is 1.14 bits per heavy atom. The van der Waals surface area contributed by atoms with Gasteiger partial charge in [-0.1, -0.05) is 12.1 Å². The number of aromatic nitrogens is 1. The highest BCUT2D eigenvalue weighted by molar-refractivity contribution is 5.77. The van der Waals surface area contributed by atoms with E-state index in [1.54, 1.807) is 12.1 Å². The van der Waals surface area contributed by atoms with Gasteiger partial charge in [-0.2, -0.15) is 0 Å². The van der Waals surface area contributed by atoms with E-state index in [1.807, 2.05) is 34.0 Å². The van der Waals surface area contributed by atoms with Crippen molar-refractivity contribution < 1.29 is 13.9 Å². The van der Waals surface area contributed by atoms with Gasteiger partial charge in [-0.25, -0.2) is 4.39 Å². The molecule has 4 nitrogen and oxygen atoms in total. The van der Waals surface area contributed by atoms with Crippen LogP contribution in [0.1, 0.15) is 18.0 Å². The smallest absolute Gasteiger partial charge is 0.225 e. The summed E-state index contributed by atoms with van der Waals surface area (Å²) in [5.41, 5.74) is 0.930. The molecule has 0 radical (unpaired) electrons. The predicted octanol–water partition coefficient (Wildman–Crippen LogP) is 2.47. The van der Waals surface area contributed by atoms with Crippen LogP contribution in [0.25, 0.3) is 0 Å². The number of carbonyl (C=O) groups excluding carboxylic acids is 1. The lowest BCUT2D eigenvalue weighted by molar-refractivity contribution is -0.135. The average molecular weight is 302 g/mol. The van der Waals surface area contributed by atoms with E-state index in [0.29, 0.717) is 32.7 Å². The molecule has 1 saturated heterocycles. The van der Waals surface area contributed by atoms with Crippen molar-refractivity contribution in [3.05, 3.63) is 60.2 Å². The molecule has 5 heteroatoms. The lowest BCUT2D eigenvalue weighted by atomic mass is 10.0. The zero-order valence-corrected chi connectivity index (χ0v) is 12.3. The molecule has 0 saturated carbocycles. The molecular weight excluding hydrogens is 283 g/mol. The molecule has 1 aliphatic heterocycles. The third kappa shape index (κ3) is 3.36. The van der Waals surface area contributed by atoms with Crippen LogP contribution in [0, 0.1) is 5.82 Å². The van der Waals surface area contributed by atoms with Crippen molar-refractivity contribution in [1.29, 1.82) is 0 Å². The molecule has 1 aromatic heterocycles. The number of benzene rings is 1. The van der Waals surface area contributed by atoms with Crippen molar-refractivity contribution in [3.63, 3.8) is 0 Å². The number of halogens is 1. The van der Waals surface area contributed by atoms with E-state index in [0.717, 1.165) is 5.56 Å². The van der Waals surface area contributed by atoms with E-state index in [1.165, 1.54) is 12.1 Å². The first-order chi connectivity index (χ1) is 10.7. The second-order valence-electron chi connectivity index (χ2n) is 5.39. The van der Waals surface area contributed by atoms with Crippen molar-refractivity contribution in [1.82, 2.24) is 9.47 Å². The van der Waals surface area contributed by atoms with Crippen molar-refractivity contribution >= 4 is 5.91 Å². The largest absolute Gasteiger partial charge is 0.378 e. The summed E-state index contributed by atoms with van der Waals surface area (Å²) in [4.78, 5) is 14.4. The summed E-state index contributed by atoms with van der Waals surface area (Å²) in [7, 11) is 0. The number of hydrogen-bond acceptors (Lipinski definition) is 2. The molecule has 2 aromatic rings. The van der Waals surface area contributed by atoms with Gasteiger partial charge >= 0.3 is 0 Å². The van der Waals surface area contributed by atoms with E-state index in [4.69, 9.17) is 4.74 Å². The normalized spacial score (nSPS) is 16.5. The SMILES string of the molecule is O=C(CC(c1ccc(F)cc1)n1cccc1)N1CCOCC1. The average Bonchev–Trinajstić information content (AvgIpc) is 3.08. The Bertz CT molecular complexity index is 604. The van der Waals surface area contributed by atoms with E-state index in [-0.39, 0.29) is 17.8 Å². The first kappa shape index (κ1) is 14.8. The monoisotopic (exact) mass is 302 g/mol. The minimum atomic E-state index is -0.269. The number of ether oxygens (including phenoxy) is 1. The van der Waals surface area contributed by atoms with Crippen LogP contribution in [0.5, 0.6) is 0 Å². The van der Waals surface area contributed by atoms with Gasteiger partial charge < -0.3 is 14.2 Å². The molecule has 1 aromatic carbocycles. The van der Waals surface area contributed by atoms with Crippen LogP contribution in [-0.4, -0.2) is 41.7 Å². The Morgan fingerprint density at radius 3 is 2.41 bits per heavy atom. The number of hydrogen-bond donors (Lipinski definition) is 0. The van der Waals surface area contributed by atoms with Crippen LogP contribution in [0.3, 0.4) is 0 Å². The molecule has 0 bridgehead atoms. The van der Waals surface area contributed by atoms with E-state index in [9.17, 15) is 9.18 Å². The molecule has 1 fully saturated rings. The standard InChI is InChI=1S/C17H19FN2O2/c18-15-5-3-14(4-6-15)16(19-7-1-2-8-19)13-17(21)20-9-11-22-12-10-20/h1-8,16H,9-13H2. The van der Waals surface area contributed by atoms with E-state index < -0.39 is 0 Å². The van der Waals surface area contributed by atoms with Gasteiger partial charge in [0.1, 0.15) is 5.82 Å². The molecule has 1 aliphatic rings. The zero-order chi connectivity index (χ0) is 15.4. The molecule has 3 rings (SSSR count). The highest BCUT2D eigenvalue weighted by Crippen LogP contribution is 2.24. The number of nitrogens with zero attached hydrogens (tertiary/aromatic N) is 2. The number of rotatable bonds is 4. The molecule has 0 spiro atoms. The van der Waals surface area contributed by atoms with Crippen molar-refractivity contribution in [2.75, 3.05) is 26.3 Å². The summed E-state index contributed by atoms with van der Waals surface area (Å²) in [6.07, 6.45) is 4.22. The van der Waals surface area contributed by atoms with Crippen LogP contribution >= 0.6 is 0 Å². The summed E-state index contributed by atoms with van der Waals surface area (Å²) >= 11 is 0. The van der Waals surface area contributed by atoms with Gasteiger partial charge in [-0.15, -0.1) is 0 Å². The van der Waals surface area contributed by atoms with Gasteiger partial charge in [-0.3, -0.25) is 4.79 Å². The van der Waals surface area contributed by atoms with Crippen molar-refractivity contribution in [2.45, 2.75) is 12.5 Å². The third-order valence-electron chi connectivity index (χ3n) is 3.97. The highest BCUT2D eigenvalue weighted by atomic mass is 19.1. The fourth-order valence-electron chi connectivity index (χ4n) is 2.74. The Hall–Kier alpha value is -2.14. The molecule has 0 aliphatic carbocycles. The molecule has 0 N–H and O–H groups in total. The second kappa shape index (κ2) is 6.75. The lowest BCUT2D eigenvalue weighted by Gasteiger charge is -2.29. The molecule has 1 atom stereocenters.